The van der Waals surface area contributed by atoms with Crippen molar-refractivity contribution < 1.29 is 8.42 Å². The van der Waals surface area contributed by atoms with E-state index in [2.05, 4.69) is 15.9 Å². The highest BCUT2D eigenvalue weighted by Gasteiger charge is 2.13. The third-order valence-electron chi connectivity index (χ3n) is 2.81. The number of hydrogen-bond donors (Lipinski definition) is 0. The zero-order valence-electron chi connectivity index (χ0n) is 11.0. The highest BCUT2D eigenvalue weighted by molar-refractivity contribution is 9.10. The molecule has 0 bridgehead atoms. The number of halogens is 1. The van der Waals surface area contributed by atoms with Crippen LogP contribution >= 0.6 is 27.7 Å². The Morgan fingerprint density at radius 3 is 2.20 bits per heavy atom. The van der Waals surface area contributed by atoms with E-state index in [-0.39, 0.29) is 5.75 Å². The van der Waals surface area contributed by atoms with Crippen LogP contribution in [0.4, 0.5) is 0 Å². The third-order valence-corrected chi connectivity index (χ3v) is 6.35. The summed E-state index contributed by atoms with van der Waals surface area (Å²) in [5.41, 5.74) is 1.21. The predicted octanol–water partition coefficient (Wildman–Crippen LogP) is 4.32. The van der Waals surface area contributed by atoms with E-state index in [1.165, 1.54) is 5.56 Å². The van der Waals surface area contributed by atoms with Crippen LogP contribution in [0, 0.1) is 6.92 Å². The van der Waals surface area contributed by atoms with Crippen molar-refractivity contribution in [1.82, 2.24) is 0 Å². The van der Waals surface area contributed by atoms with Gasteiger partial charge in [0, 0.05) is 15.1 Å². The van der Waals surface area contributed by atoms with Gasteiger partial charge in [0.05, 0.1) is 10.6 Å². The first-order chi connectivity index (χ1) is 9.47. The zero-order valence-corrected chi connectivity index (χ0v) is 14.3. The van der Waals surface area contributed by atoms with E-state index in [0.29, 0.717) is 10.6 Å². The van der Waals surface area contributed by atoms with Gasteiger partial charge in [-0.2, -0.15) is 0 Å². The Morgan fingerprint density at radius 1 is 1.00 bits per heavy atom. The summed E-state index contributed by atoms with van der Waals surface area (Å²) >= 11 is 4.87. The van der Waals surface area contributed by atoms with Gasteiger partial charge in [0.25, 0.3) is 0 Å². The highest BCUT2D eigenvalue weighted by atomic mass is 79.9. The van der Waals surface area contributed by atoms with Gasteiger partial charge in [0.1, 0.15) is 0 Å². The average Bonchev–Trinajstić information content (AvgIpc) is 2.41. The van der Waals surface area contributed by atoms with Gasteiger partial charge in [-0.1, -0.05) is 33.6 Å². The Hall–Kier alpha value is -0.780. The molecule has 0 spiro atoms. The molecule has 0 aliphatic heterocycles. The fourth-order valence-electron chi connectivity index (χ4n) is 1.66. The van der Waals surface area contributed by atoms with E-state index in [0.717, 1.165) is 9.37 Å². The lowest BCUT2D eigenvalue weighted by atomic mass is 10.2. The van der Waals surface area contributed by atoms with Crippen LogP contribution in [0.1, 0.15) is 5.56 Å². The van der Waals surface area contributed by atoms with Crippen LogP contribution < -0.4 is 0 Å². The lowest BCUT2D eigenvalue weighted by molar-refractivity contribution is 0.597. The van der Waals surface area contributed by atoms with Crippen molar-refractivity contribution in [2.75, 3.05) is 11.5 Å². The molecule has 0 unspecified atom stereocenters. The normalized spacial score (nSPS) is 11.5. The van der Waals surface area contributed by atoms with E-state index in [9.17, 15) is 8.42 Å². The SMILES string of the molecule is Cc1ccc(SCCS(=O)(=O)c2ccc(Br)cc2)cc1. The number of hydrogen-bond acceptors (Lipinski definition) is 3. The smallest absolute Gasteiger partial charge is 0.179 e. The first-order valence-corrected chi connectivity index (χ1v) is 9.58. The largest absolute Gasteiger partial charge is 0.224 e. The van der Waals surface area contributed by atoms with Gasteiger partial charge < -0.3 is 0 Å². The molecule has 0 aliphatic rings. The van der Waals surface area contributed by atoms with Crippen molar-refractivity contribution >= 4 is 37.5 Å². The highest BCUT2D eigenvalue weighted by Crippen LogP contribution is 2.21. The summed E-state index contributed by atoms with van der Waals surface area (Å²) < 4.78 is 25.2. The molecule has 0 saturated carbocycles. The monoisotopic (exact) mass is 370 g/mol. The summed E-state index contributed by atoms with van der Waals surface area (Å²) in [6.45, 7) is 2.03. The summed E-state index contributed by atoms with van der Waals surface area (Å²) in [5.74, 6) is 0.703. The summed E-state index contributed by atoms with van der Waals surface area (Å²) in [7, 11) is -3.20. The minimum absolute atomic E-state index is 0.146. The van der Waals surface area contributed by atoms with Gasteiger partial charge in [-0.15, -0.1) is 11.8 Å². The van der Waals surface area contributed by atoms with Crippen LogP contribution in [0.15, 0.2) is 62.8 Å². The maximum atomic E-state index is 12.2. The second-order valence-corrected chi connectivity index (χ2v) is 8.63. The van der Waals surface area contributed by atoms with E-state index in [1.54, 1.807) is 36.0 Å². The van der Waals surface area contributed by atoms with Gasteiger partial charge in [-0.3, -0.25) is 0 Å². The van der Waals surface area contributed by atoms with E-state index < -0.39 is 9.84 Å². The summed E-state index contributed by atoms with van der Waals surface area (Å²) in [4.78, 5) is 1.48. The maximum absolute atomic E-state index is 12.2. The molecule has 0 saturated heterocycles. The van der Waals surface area contributed by atoms with Crippen molar-refractivity contribution in [2.24, 2.45) is 0 Å². The number of rotatable bonds is 5. The molecule has 2 aromatic carbocycles. The molecule has 2 aromatic rings. The maximum Gasteiger partial charge on any atom is 0.179 e. The van der Waals surface area contributed by atoms with Gasteiger partial charge >= 0.3 is 0 Å². The minimum Gasteiger partial charge on any atom is -0.224 e. The first kappa shape index (κ1) is 15.6. The average molecular weight is 371 g/mol. The Morgan fingerprint density at radius 2 is 1.60 bits per heavy atom. The standard InChI is InChI=1S/C15H15BrO2S2/c1-12-2-6-14(7-3-12)19-10-11-20(17,18)15-8-4-13(16)5-9-15/h2-9H,10-11H2,1H3. The van der Waals surface area contributed by atoms with Crippen LogP contribution in [-0.2, 0) is 9.84 Å². The molecule has 20 heavy (non-hydrogen) atoms. The van der Waals surface area contributed by atoms with Gasteiger partial charge in [-0.05, 0) is 43.3 Å². The molecule has 2 rings (SSSR count). The molecule has 0 aromatic heterocycles. The van der Waals surface area contributed by atoms with Crippen LogP contribution in [0.5, 0.6) is 0 Å². The van der Waals surface area contributed by atoms with E-state index >= 15 is 0 Å². The minimum atomic E-state index is -3.20. The number of thioether (sulfide) groups is 1. The fourth-order valence-corrected chi connectivity index (χ4v) is 4.49. The molecule has 0 radical (unpaired) electrons. The first-order valence-electron chi connectivity index (χ1n) is 6.15. The summed E-state index contributed by atoms with van der Waals surface area (Å²) in [6, 6.07) is 14.9. The Bertz CT molecular complexity index is 662. The number of sulfone groups is 1. The number of benzene rings is 2. The van der Waals surface area contributed by atoms with Crippen molar-refractivity contribution in [2.45, 2.75) is 16.7 Å². The second-order valence-electron chi connectivity index (χ2n) is 4.43. The lowest BCUT2D eigenvalue weighted by Crippen LogP contribution is -2.08. The Balaban J connectivity index is 1.96. The molecule has 106 valence electrons. The molecule has 2 nitrogen and oxygen atoms in total. The molecule has 0 heterocycles. The van der Waals surface area contributed by atoms with Crippen molar-refractivity contribution in [3.63, 3.8) is 0 Å². The Labute approximate surface area is 132 Å². The van der Waals surface area contributed by atoms with Crippen molar-refractivity contribution in [3.05, 3.63) is 58.6 Å². The molecule has 0 amide bonds. The quantitative estimate of drug-likeness (QED) is 0.734. The van der Waals surface area contributed by atoms with E-state index in [4.69, 9.17) is 0 Å². The van der Waals surface area contributed by atoms with Crippen molar-refractivity contribution in [1.29, 1.82) is 0 Å². The molecular formula is C15H15BrO2S2. The fraction of sp³-hybridized carbons (Fsp3) is 0.200. The van der Waals surface area contributed by atoms with Crippen LogP contribution in [0.2, 0.25) is 0 Å². The van der Waals surface area contributed by atoms with Crippen LogP contribution in [-0.4, -0.2) is 19.9 Å². The van der Waals surface area contributed by atoms with E-state index in [1.807, 2.05) is 31.2 Å². The Kier molecular flexibility index (Phi) is 5.29. The molecule has 0 aliphatic carbocycles. The topological polar surface area (TPSA) is 34.1 Å². The number of aryl methyl sites for hydroxylation is 1. The van der Waals surface area contributed by atoms with Crippen molar-refractivity contribution in [3.8, 4) is 0 Å². The molecule has 0 atom stereocenters. The molecule has 0 fully saturated rings. The van der Waals surface area contributed by atoms with Crippen LogP contribution in [0.3, 0.4) is 0 Å². The summed E-state index contributed by atoms with van der Waals surface area (Å²) in [5, 5.41) is 0. The summed E-state index contributed by atoms with van der Waals surface area (Å²) in [6.07, 6.45) is 0. The van der Waals surface area contributed by atoms with Gasteiger partial charge in [-0.25, -0.2) is 8.42 Å². The van der Waals surface area contributed by atoms with Gasteiger partial charge in [0.2, 0.25) is 0 Å². The van der Waals surface area contributed by atoms with Gasteiger partial charge in [0.15, 0.2) is 9.84 Å². The molecule has 0 N–H and O–H groups in total. The molecule has 5 heteroatoms. The predicted molar refractivity (Wildman–Crippen MR) is 88.1 cm³/mol. The lowest BCUT2D eigenvalue weighted by Gasteiger charge is -2.05. The van der Waals surface area contributed by atoms with Crippen LogP contribution in [0.25, 0.3) is 0 Å². The molecular weight excluding hydrogens is 356 g/mol. The second kappa shape index (κ2) is 6.78. The zero-order chi connectivity index (χ0) is 14.6. The third kappa shape index (κ3) is 4.36.